The second-order valence-corrected chi connectivity index (χ2v) is 6.37. The first-order valence-corrected chi connectivity index (χ1v) is 8.42. The van der Waals surface area contributed by atoms with Crippen LogP contribution in [0.4, 0.5) is 0 Å². The molecule has 3 aromatic rings. The Kier molecular flexibility index (Phi) is 5.36. The fraction of sp³-hybridized carbons (Fsp3) is 0.200. The molecule has 0 unspecified atom stereocenters. The van der Waals surface area contributed by atoms with Gasteiger partial charge in [-0.1, -0.05) is 54.1 Å². The van der Waals surface area contributed by atoms with Crippen LogP contribution in [0, 0.1) is 0 Å². The predicted octanol–water partition coefficient (Wildman–Crippen LogP) is 3.79. The van der Waals surface area contributed by atoms with Crippen LogP contribution >= 0.6 is 11.6 Å². The maximum Gasteiger partial charge on any atom is 0.158 e. The standard InChI is InChI=1S/C20H20ClNO2/c1-14(20(23)15-6-3-2-4-7-15)22-13-18-10-11-19(24-18)16-8-5-9-17(21)12-16/h2-12,14,20,22-23H,13H2,1H3/p+1/t14-,20-/m1/s1. The first-order chi connectivity index (χ1) is 11.6. The molecule has 0 aliphatic heterocycles. The molecule has 0 bridgehead atoms. The van der Waals surface area contributed by atoms with E-state index < -0.39 is 6.10 Å². The number of aliphatic hydroxyl groups is 1. The summed E-state index contributed by atoms with van der Waals surface area (Å²) in [6.45, 7) is 2.68. The number of halogens is 1. The largest absolute Gasteiger partial charge is 0.455 e. The minimum atomic E-state index is -0.506. The summed E-state index contributed by atoms with van der Waals surface area (Å²) in [4.78, 5) is 0. The number of quaternary nitrogens is 1. The van der Waals surface area contributed by atoms with E-state index in [4.69, 9.17) is 16.0 Å². The molecule has 0 aliphatic rings. The third-order valence-corrected chi connectivity index (χ3v) is 4.34. The Morgan fingerprint density at radius 2 is 1.83 bits per heavy atom. The van der Waals surface area contributed by atoms with Gasteiger partial charge in [-0.05, 0) is 36.8 Å². The topological polar surface area (TPSA) is 50.0 Å². The maximum atomic E-state index is 10.4. The second-order valence-electron chi connectivity index (χ2n) is 5.93. The van der Waals surface area contributed by atoms with Crippen molar-refractivity contribution < 1.29 is 14.8 Å². The molecular formula is C20H21ClNO2+. The van der Waals surface area contributed by atoms with Crippen LogP contribution in [0.2, 0.25) is 5.02 Å². The molecule has 0 radical (unpaired) electrons. The van der Waals surface area contributed by atoms with Crippen molar-refractivity contribution in [2.24, 2.45) is 0 Å². The van der Waals surface area contributed by atoms with Crippen LogP contribution in [0.3, 0.4) is 0 Å². The summed E-state index contributed by atoms with van der Waals surface area (Å²) in [5.41, 5.74) is 1.89. The van der Waals surface area contributed by atoms with Crippen LogP contribution in [-0.4, -0.2) is 11.1 Å². The van der Waals surface area contributed by atoms with Gasteiger partial charge in [-0.15, -0.1) is 0 Å². The molecule has 124 valence electrons. The molecule has 0 saturated heterocycles. The molecule has 3 N–H and O–H groups in total. The van der Waals surface area contributed by atoms with E-state index >= 15 is 0 Å². The van der Waals surface area contributed by atoms with E-state index in [1.807, 2.05) is 73.7 Å². The molecule has 0 fully saturated rings. The van der Waals surface area contributed by atoms with Gasteiger partial charge in [0.2, 0.25) is 0 Å². The summed E-state index contributed by atoms with van der Waals surface area (Å²) < 4.78 is 5.89. The van der Waals surface area contributed by atoms with Gasteiger partial charge in [0.05, 0.1) is 0 Å². The van der Waals surface area contributed by atoms with Gasteiger partial charge in [-0.3, -0.25) is 0 Å². The first kappa shape index (κ1) is 16.8. The minimum Gasteiger partial charge on any atom is -0.455 e. The molecule has 0 aliphatic carbocycles. The highest BCUT2D eigenvalue weighted by Crippen LogP contribution is 2.24. The van der Waals surface area contributed by atoms with Gasteiger partial charge in [0.25, 0.3) is 0 Å². The number of furan rings is 1. The lowest BCUT2D eigenvalue weighted by molar-refractivity contribution is -0.710. The molecular weight excluding hydrogens is 322 g/mol. The second kappa shape index (κ2) is 7.67. The fourth-order valence-corrected chi connectivity index (χ4v) is 2.86. The maximum absolute atomic E-state index is 10.4. The Morgan fingerprint density at radius 3 is 2.58 bits per heavy atom. The zero-order valence-corrected chi connectivity index (χ0v) is 14.3. The van der Waals surface area contributed by atoms with E-state index in [-0.39, 0.29) is 6.04 Å². The summed E-state index contributed by atoms with van der Waals surface area (Å²) in [6.07, 6.45) is -0.506. The smallest absolute Gasteiger partial charge is 0.158 e. The molecule has 24 heavy (non-hydrogen) atoms. The van der Waals surface area contributed by atoms with Crippen molar-refractivity contribution in [1.82, 2.24) is 0 Å². The lowest BCUT2D eigenvalue weighted by Crippen LogP contribution is -2.88. The van der Waals surface area contributed by atoms with Crippen LogP contribution in [0.1, 0.15) is 24.4 Å². The third kappa shape index (κ3) is 4.06. The lowest BCUT2D eigenvalue weighted by Gasteiger charge is -2.17. The Balaban J connectivity index is 1.61. The Morgan fingerprint density at radius 1 is 1.04 bits per heavy atom. The van der Waals surface area contributed by atoms with Crippen molar-refractivity contribution in [1.29, 1.82) is 0 Å². The highest BCUT2D eigenvalue weighted by molar-refractivity contribution is 6.30. The minimum absolute atomic E-state index is 0.0344. The number of benzene rings is 2. The molecule has 2 aromatic carbocycles. The van der Waals surface area contributed by atoms with Crippen molar-refractivity contribution in [2.75, 3.05) is 0 Å². The third-order valence-electron chi connectivity index (χ3n) is 4.10. The highest BCUT2D eigenvalue weighted by Gasteiger charge is 2.19. The summed E-state index contributed by atoms with van der Waals surface area (Å²) in [6, 6.07) is 21.3. The zero-order chi connectivity index (χ0) is 16.9. The monoisotopic (exact) mass is 342 g/mol. The molecule has 4 heteroatoms. The van der Waals surface area contributed by atoms with Gasteiger partial charge in [0.1, 0.15) is 24.5 Å². The predicted molar refractivity (Wildman–Crippen MR) is 95.6 cm³/mol. The van der Waals surface area contributed by atoms with Crippen molar-refractivity contribution >= 4 is 11.6 Å². The Bertz CT molecular complexity index is 785. The molecule has 0 amide bonds. The molecule has 0 spiro atoms. The average molecular weight is 343 g/mol. The summed E-state index contributed by atoms with van der Waals surface area (Å²) in [5, 5.41) is 13.2. The van der Waals surface area contributed by atoms with Gasteiger partial charge in [-0.25, -0.2) is 0 Å². The van der Waals surface area contributed by atoms with Crippen molar-refractivity contribution in [3.8, 4) is 11.3 Å². The Hall–Kier alpha value is -2.07. The van der Waals surface area contributed by atoms with Crippen molar-refractivity contribution in [2.45, 2.75) is 25.6 Å². The van der Waals surface area contributed by atoms with Gasteiger partial charge >= 0.3 is 0 Å². The van der Waals surface area contributed by atoms with E-state index in [1.54, 1.807) is 0 Å². The van der Waals surface area contributed by atoms with Crippen LogP contribution in [-0.2, 0) is 6.54 Å². The van der Waals surface area contributed by atoms with Crippen molar-refractivity contribution in [3.63, 3.8) is 0 Å². The molecule has 2 atom stereocenters. The van der Waals surface area contributed by atoms with Crippen LogP contribution in [0.25, 0.3) is 11.3 Å². The van der Waals surface area contributed by atoms with Gasteiger partial charge in [0, 0.05) is 10.6 Å². The zero-order valence-electron chi connectivity index (χ0n) is 13.5. The number of hydrogen-bond acceptors (Lipinski definition) is 2. The first-order valence-electron chi connectivity index (χ1n) is 8.04. The summed E-state index contributed by atoms with van der Waals surface area (Å²) >= 11 is 6.02. The molecule has 1 aromatic heterocycles. The fourth-order valence-electron chi connectivity index (χ4n) is 2.67. The summed E-state index contributed by atoms with van der Waals surface area (Å²) in [7, 11) is 0. The SMILES string of the molecule is C[C@@H]([NH2+]Cc1ccc(-c2cccc(Cl)c2)o1)[C@@H](O)c1ccccc1. The van der Waals surface area contributed by atoms with Gasteiger partial charge in [-0.2, -0.15) is 0 Å². The average Bonchev–Trinajstić information content (AvgIpc) is 3.09. The summed E-state index contributed by atoms with van der Waals surface area (Å²) in [5.74, 6) is 1.68. The van der Waals surface area contributed by atoms with E-state index in [0.717, 1.165) is 22.6 Å². The van der Waals surface area contributed by atoms with Crippen LogP contribution < -0.4 is 5.32 Å². The van der Waals surface area contributed by atoms with Gasteiger partial charge in [0.15, 0.2) is 5.76 Å². The molecule has 3 nitrogen and oxygen atoms in total. The molecule has 1 heterocycles. The van der Waals surface area contributed by atoms with Crippen molar-refractivity contribution in [3.05, 3.63) is 83.1 Å². The number of rotatable bonds is 6. The quantitative estimate of drug-likeness (QED) is 0.716. The van der Waals surface area contributed by atoms with E-state index in [9.17, 15) is 5.11 Å². The number of nitrogens with two attached hydrogens (primary N) is 1. The van der Waals surface area contributed by atoms with E-state index in [1.165, 1.54) is 0 Å². The van der Waals surface area contributed by atoms with Crippen LogP contribution in [0.5, 0.6) is 0 Å². The Labute approximate surface area is 146 Å². The highest BCUT2D eigenvalue weighted by atomic mass is 35.5. The van der Waals surface area contributed by atoms with Crippen LogP contribution in [0.15, 0.2) is 71.1 Å². The molecule has 3 rings (SSSR count). The van der Waals surface area contributed by atoms with Gasteiger partial charge < -0.3 is 14.8 Å². The number of aliphatic hydroxyl groups excluding tert-OH is 1. The molecule has 0 saturated carbocycles. The van der Waals surface area contributed by atoms with E-state index in [0.29, 0.717) is 11.6 Å². The normalized spacial score (nSPS) is 13.6. The lowest BCUT2D eigenvalue weighted by atomic mass is 10.0. The van der Waals surface area contributed by atoms with E-state index in [2.05, 4.69) is 5.32 Å². The number of hydrogen-bond donors (Lipinski definition) is 2.